The molecular weight excluding hydrogens is 260 g/mol. The predicted molar refractivity (Wildman–Crippen MR) is 68.5 cm³/mol. The molecule has 1 aromatic rings. The van der Waals surface area contributed by atoms with Gasteiger partial charge in [-0.1, -0.05) is 12.1 Å². The molecule has 1 aromatic carbocycles. The third kappa shape index (κ3) is 3.74. The molecule has 1 rings (SSSR count). The Morgan fingerprint density at radius 2 is 2.00 bits per heavy atom. The molecule has 94 valence electrons. The summed E-state index contributed by atoms with van der Waals surface area (Å²) in [6.45, 7) is 0. The number of hydrogen-bond acceptors (Lipinski definition) is 4. The second-order valence-electron chi connectivity index (χ2n) is 3.47. The highest BCUT2D eigenvalue weighted by atomic mass is 32.2. The van der Waals surface area contributed by atoms with Gasteiger partial charge in [0, 0.05) is 0 Å². The fourth-order valence-corrected chi connectivity index (χ4v) is 3.55. The SMILES string of the molecule is CSCCCS(=O)(=O)c1ccccc1C(=O)O. The lowest BCUT2D eigenvalue weighted by molar-refractivity contribution is 0.0692. The van der Waals surface area contributed by atoms with Crippen LogP contribution >= 0.6 is 11.8 Å². The van der Waals surface area contributed by atoms with Crippen molar-refractivity contribution in [2.24, 2.45) is 0 Å². The molecule has 0 aromatic heterocycles. The Balaban J connectivity index is 3.02. The highest BCUT2D eigenvalue weighted by Gasteiger charge is 2.21. The van der Waals surface area contributed by atoms with Crippen molar-refractivity contribution in [3.8, 4) is 0 Å². The van der Waals surface area contributed by atoms with Gasteiger partial charge in [0.25, 0.3) is 0 Å². The molecule has 0 spiro atoms. The van der Waals surface area contributed by atoms with E-state index in [1.807, 2.05) is 6.26 Å². The van der Waals surface area contributed by atoms with Crippen molar-refractivity contribution in [3.63, 3.8) is 0 Å². The number of sulfone groups is 1. The number of carboxylic acids is 1. The minimum atomic E-state index is -3.50. The standard InChI is InChI=1S/C11H14O4S2/c1-16-7-4-8-17(14,15)10-6-3-2-5-9(10)11(12)13/h2-3,5-6H,4,7-8H2,1H3,(H,12,13). The highest BCUT2D eigenvalue weighted by Crippen LogP contribution is 2.18. The van der Waals surface area contributed by atoms with Gasteiger partial charge >= 0.3 is 5.97 Å². The third-order valence-corrected chi connectivity index (χ3v) is 4.76. The van der Waals surface area contributed by atoms with Gasteiger partial charge in [0.2, 0.25) is 0 Å². The summed E-state index contributed by atoms with van der Waals surface area (Å²) in [6.07, 6.45) is 2.43. The molecule has 0 atom stereocenters. The molecule has 17 heavy (non-hydrogen) atoms. The Morgan fingerprint density at radius 3 is 2.59 bits per heavy atom. The Morgan fingerprint density at radius 1 is 1.35 bits per heavy atom. The average molecular weight is 274 g/mol. The van der Waals surface area contributed by atoms with Crippen LogP contribution in [0.5, 0.6) is 0 Å². The Kier molecular flexibility index (Phi) is 5.02. The van der Waals surface area contributed by atoms with Crippen LogP contribution in [0.1, 0.15) is 16.8 Å². The number of rotatable bonds is 6. The first-order valence-corrected chi connectivity index (χ1v) is 8.07. The van der Waals surface area contributed by atoms with Crippen LogP contribution in [-0.4, -0.2) is 37.3 Å². The van der Waals surface area contributed by atoms with Crippen molar-refractivity contribution in [2.75, 3.05) is 17.8 Å². The summed E-state index contributed by atoms with van der Waals surface area (Å²) >= 11 is 1.57. The normalized spacial score (nSPS) is 11.4. The van der Waals surface area contributed by atoms with Crippen LogP contribution in [-0.2, 0) is 9.84 Å². The highest BCUT2D eigenvalue weighted by molar-refractivity contribution is 7.98. The molecule has 0 aliphatic rings. The fourth-order valence-electron chi connectivity index (χ4n) is 1.42. The molecule has 0 saturated heterocycles. The first kappa shape index (κ1) is 14.1. The van der Waals surface area contributed by atoms with E-state index >= 15 is 0 Å². The summed E-state index contributed by atoms with van der Waals surface area (Å²) in [7, 11) is -3.50. The monoisotopic (exact) mass is 274 g/mol. The van der Waals surface area contributed by atoms with Crippen LogP contribution in [0.4, 0.5) is 0 Å². The zero-order valence-corrected chi connectivity index (χ0v) is 11.1. The lowest BCUT2D eigenvalue weighted by Crippen LogP contribution is -2.12. The van der Waals surface area contributed by atoms with E-state index in [0.717, 1.165) is 5.75 Å². The molecule has 0 bridgehead atoms. The maximum absolute atomic E-state index is 12.0. The molecule has 4 nitrogen and oxygen atoms in total. The first-order valence-electron chi connectivity index (χ1n) is 5.03. The quantitative estimate of drug-likeness (QED) is 0.802. The van der Waals surface area contributed by atoms with Gasteiger partial charge in [-0.05, 0) is 30.6 Å². The van der Waals surface area contributed by atoms with Crippen molar-refractivity contribution in [3.05, 3.63) is 29.8 Å². The zero-order chi connectivity index (χ0) is 12.9. The molecule has 1 N–H and O–H groups in total. The smallest absolute Gasteiger partial charge is 0.337 e. The third-order valence-electron chi connectivity index (χ3n) is 2.21. The van der Waals surface area contributed by atoms with Gasteiger partial charge in [-0.2, -0.15) is 11.8 Å². The van der Waals surface area contributed by atoms with Crippen molar-refractivity contribution < 1.29 is 18.3 Å². The van der Waals surface area contributed by atoms with Gasteiger partial charge in [-0.15, -0.1) is 0 Å². The van der Waals surface area contributed by atoms with Gasteiger partial charge in [0.05, 0.1) is 16.2 Å². The van der Waals surface area contributed by atoms with Crippen LogP contribution in [0, 0.1) is 0 Å². The minimum Gasteiger partial charge on any atom is -0.478 e. The van der Waals surface area contributed by atoms with E-state index < -0.39 is 15.8 Å². The molecule has 0 radical (unpaired) electrons. The summed E-state index contributed by atoms with van der Waals surface area (Å²) in [5.74, 6) is -0.485. The van der Waals surface area contributed by atoms with E-state index in [2.05, 4.69) is 0 Å². The van der Waals surface area contributed by atoms with Gasteiger partial charge in [0.1, 0.15) is 0 Å². The van der Waals surface area contributed by atoms with E-state index in [1.54, 1.807) is 11.8 Å². The average Bonchev–Trinajstić information content (AvgIpc) is 2.29. The number of carboxylic acid groups (broad SMARTS) is 1. The molecule has 0 saturated carbocycles. The number of carbonyl (C=O) groups is 1. The van der Waals surface area contributed by atoms with Gasteiger partial charge in [-0.3, -0.25) is 0 Å². The summed E-state index contributed by atoms with van der Waals surface area (Å²) in [4.78, 5) is 10.8. The topological polar surface area (TPSA) is 71.4 Å². The Bertz CT molecular complexity index is 494. The first-order chi connectivity index (χ1) is 7.99. The van der Waals surface area contributed by atoms with E-state index in [1.165, 1.54) is 24.3 Å². The van der Waals surface area contributed by atoms with Crippen LogP contribution in [0.3, 0.4) is 0 Å². The molecule has 6 heteroatoms. The minimum absolute atomic E-state index is 0.0157. The second-order valence-corrected chi connectivity index (χ2v) is 6.53. The molecule has 0 unspecified atom stereocenters. The largest absolute Gasteiger partial charge is 0.478 e. The summed E-state index contributed by atoms with van der Waals surface area (Å²) < 4.78 is 23.9. The summed E-state index contributed by atoms with van der Waals surface area (Å²) in [5, 5.41) is 8.93. The van der Waals surface area contributed by atoms with Crippen LogP contribution in [0.2, 0.25) is 0 Å². The zero-order valence-electron chi connectivity index (χ0n) is 9.42. The Hall–Kier alpha value is -1.01. The lowest BCUT2D eigenvalue weighted by Gasteiger charge is -2.06. The predicted octanol–water partition coefficient (Wildman–Crippen LogP) is 1.91. The van der Waals surface area contributed by atoms with Crippen LogP contribution < -0.4 is 0 Å². The van der Waals surface area contributed by atoms with Gasteiger partial charge < -0.3 is 5.11 Å². The number of hydrogen-bond donors (Lipinski definition) is 1. The van der Waals surface area contributed by atoms with E-state index in [4.69, 9.17) is 5.11 Å². The molecular formula is C11H14O4S2. The maximum Gasteiger partial charge on any atom is 0.337 e. The lowest BCUT2D eigenvalue weighted by atomic mass is 10.2. The Labute approximate surface area is 105 Å². The van der Waals surface area contributed by atoms with Crippen LogP contribution in [0.15, 0.2) is 29.2 Å². The van der Waals surface area contributed by atoms with Crippen LogP contribution in [0.25, 0.3) is 0 Å². The van der Waals surface area contributed by atoms with Gasteiger partial charge in [-0.25, -0.2) is 13.2 Å². The summed E-state index contributed by atoms with van der Waals surface area (Å²) in [5.41, 5.74) is -0.156. The van der Waals surface area contributed by atoms with Crippen molar-refractivity contribution in [2.45, 2.75) is 11.3 Å². The van der Waals surface area contributed by atoms with Crippen molar-refractivity contribution in [1.29, 1.82) is 0 Å². The number of aromatic carboxylic acids is 1. The molecule has 0 aliphatic heterocycles. The number of benzene rings is 1. The molecule has 0 aliphatic carbocycles. The molecule has 0 heterocycles. The fraction of sp³-hybridized carbons (Fsp3) is 0.364. The number of thioether (sulfide) groups is 1. The molecule has 0 amide bonds. The maximum atomic E-state index is 12.0. The van der Waals surface area contributed by atoms with Crippen molar-refractivity contribution in [1.82, 2.24) is 0 Å². The van der Waals surface area contributed by atoms with E-state index in [9.17, 15) is 13.2 Å². The molecule has 0 fully saturated rings. The van der Waals surface area contributed by atoms with Crippen molar-refractivity contribution >= 4 is 27.6 Å². The van der Waals surface area contributed by atoms with Gasteiger partial charge in [0.15, 0.2) is 9.84 Å². The second kappa shape index (κ2) is 6.07. The summed E-state index contributed by atoms with van der Waals surface area (Å²) in [6, 6.07) is 5.71. The van der Waals surface area contributed by atoms with E-state index in [0.29, 0.717) is 6.42 Å². The van der Waals surface area contributed by atoms with E-state index in [-0.39, 0.29) is 16.2 Å².